The van der Waals surface area contributed by atoms with E-state index in [2.05, 4.69) is 5.32 Å². The number of amides is 1. The van der Waals surface area contributed by atoms with Crippen LogP contribution in [-0.4, -0.2) is 23.7 Å². The van der Waals surface area contributed by atoms with E-state index < -0.39 is 23.7 Å². The Balaban J connectivity index is 2.75. The van der Waals surface area contributed by atoms with Crippen LogP contribution in [0.25, 0.3) is 0 Å². The van der Waals surface area contributed by atoms with Gasteiger partial charge in [0, 0.05) is 18.4 Å². The molecule has 1 aromatic carbocycles. The minimum Gasteiger partial charge on any atom is -0.550 e. The van der Waals surface area contributed by atoms with Gasteiger partial charge in [-0.15, -0.1) is 0 Å². The van der Waals surface area contributed by atoms with Gasteiger partial charge in [-0.25, -0.2) is 4.79 Å². The lowest BCUT2D eigenvalue weighted by Crippen LogP contribution is -2.43. The third kappa shape index (κ3) is 6.79. The van der Waals surface area contributed by atoms with Crippen LogP contribution in [0.15, 0.2) is 24.3 Å². The molecule has 1 aromatic rings. The summed E-state index contributed by atoms with van der Waals surface area (Å²) >= 11 is 0. The zero-order valence-corrected chi connectivity index (χ0v) is 12.9. The zero-order valence-electron chi connectivity index (χ0n) is 12.9. The Morgan fingerprint density at radius 1 is 1.29 bits per heavy atom. The van der Waals surface area contributed by atoms with E-state index in [1.54, 1.807) is 20.8 Å². The van der Waals surface area contributed by atoms with Gasteiger partial charge in [0.2, 0.25) is 0 Å². The van der Waals surface area contributed by atoms with Crippen LogP contribution in [0.4, 0.5) is 4.79 Å². The lowest BCUT2D eigenvalue weighted by molar-refractivity contribution is -0.306. The Hall–Kier alpha value is -2.04. The molecule has 0 aromatic heterocycles. The van der Waals surface area contributed by atoms with Crippen LogP contribution in [0.3, 0.4) is 0 Å². The molecule has 0 aliphatic heterocycles. The Morgan fingerprint density at radius 2 is 1.90 bits per heavy atom. The third-order valence-corrected chi connectivity index (χ3v) is 2.86. The van der Waals surface area contributed by atoms with Crippen LogP contribution < -0.4 is 10.4 Å². The number of aryl methyl sites for hydroxylation is 1. The number of benzene rings is 1. The van der Waals surface area contributed by atoms with Gasteiger partial charge in [0.15, 0.2) is 0 Å². The van der Waals surface area contributed by atoms with Gasteiger partial charge in [0.1, 0.15) is 5.60 Å². The van der Waals surface area contributed by atoms with Crippen LogP contribution in [0.2, 0.25) is 0 Å². The van der Waals surface area contributed by atoms with Crippen molar-refractivity contribution in [3.63, 3.8) is 0 Å². The predicted octanol–water partition coefficient (Wildman–Crippen LogP) is 1.57. The summed E-state index contributed by atoms with van der Waals surface area (Å²) in [5.41, 5.74) is 1.41. The van der Waals surface area contributed by atoms with Gasteiger partial charge in [-0.2, -0.15) is 0 Å². The summed E-state index contributed by atoms with van der Waals surface area (Å²) in [6.07, 6.45) is -0.463. The average molecular weight is 292 g/mol. The average Bonchev–Trinajstić information content (AvgIpc) is 2.28. The molecule has 0 saturated heterocycles. The molecule has 21 heavy (non-hydrogen) atoms. The molecule has 0 unspecified atom stereocenters. The van der Waals surface area contributed by atoms with Crippen molar-refractivity contribution in [3.8, 4) is 0 Å². The van der Waals surface area contributed by atoms with Gasteiger partial charge in [0.05, 0.1) is 0 Å². The van der Waals surface area contributed by atoms with Gasteiger partial charge < -0.3 is 20.0 Å². The third-order valence-electron chi connectivity index (χ3n) is 2.86. The van der Waals surface area contributed by atoms with E-state index in [1.807, 2.05) is 31.2 Å². The molecule has 1 amide bonds. The highest BCUT2D eigenvalue weighted by molar-refractivity contribution is 5.70. The van der Waals surface area contributed by atoms with Crippen molar-refractivity contribution in [3.05, 3.63) is 35.4 Å². The number of hydrogen-bond acceptors (Lipinski definition) is 4. The monoisotopic (exact) mass is 292 g/mol. The fourth-order valence-corrected chi connectivity index (χ4v) is 1.95. The molecular weight excluding hydrogens is 270 g/mol. The molecule has 0 aliphatic carbocycles. The molecular formula is C16H22NO4-. The van der Waals surface area contributed by atoms with Gasteiger partial charge >= 0.3 is 6.09 Å². The van der Waals surface area contributed by atoms with Crippen molar-refractivity contribution in [2.45, 2.75) is 52.2 Å². The number of hydrogen-bond donors (Lipinski definition) is 1. The molecule has 1 atom stereocenters. The highest BCUT2D eigenvalue weighted by Crippen LogP contribution is 2.12. The Morgan fingerprint density at radius 3 is 2.43 bits per heavy atom. The summed E-state index contributed by atoms with van der Waals surface area (Å²) < 4.78 is 5.15. The first-order valence-electron chi connectivity index (χ1n) is 6.91. The molecule has 116 valence electrons. The largest absolute Gasteiger partial charge is 0.550 e. The van der Waals surface area contributed by atoms with Crippen LogP contribution >= 0.6 is 0 Å². The molecule has 0 bridgehead atoms. The van der Waals surface area contributed by atoms with Crippen molar-refractivity contribution in [1.82, 2.24) is 5.32 Å². The summed E-state index contributed by atoms with van der Waals surface area (Å²) in [6, 6.07) is 7.08. The second-order valence-corrected chi connectivity index (χ2v) is 6.05. The molecule has 5 heteroatoms. The molecule has 5 nitrogen and oxygen atoms in total. The number of ether oxygens (including phenoxy) is 1. The number of carbonyl (C=O) groups excluding carboxylic acids is 2. The fourth-order valence-electron chi connectivity index (χ4n) is 1.95. The molecule has 1 N–H and O–H groups in total. The van der Waals surface area contributed by atoms with Gasteiger partial charge in [-0.05, 0) is 45.2 Å². The van der Waals surface area contributed by atoms with E-state index in [9.17, 15) is 14.7 Å². The van der Waals surface area contributed by atoms with E-state index >= 15 is 0 Å². The van der Waals surface area contributed by atoms with E-state index in [0.29, 0.717) is 6.42 Å². The molecule has 0 spiro atoms. The maximum Gasteiger partial charge on any atom is 0.407 e. The van der Waals surface area contributed by atoms with Gasteiger partial charge in [-0.3, -0.25) is 0 Å². The molecule has 0 saturated carbocycles. The number of carboxylic acid groups (broad SMARTS) is 1. The highest BCUT2D eigenvalue weighted by atomic mass is 16.6. The Labute approximate surface area is 125 Å². The summed E-state index contributed by atoms with van der Waals surface area (Å²) in [7, 11) is 0. The van der Waals surface area contributed by atoms with E-state index in [4.69, 9.17) is 4.74 Å². The zero-order chi connectivity index (χ0) is 16.0. The summed E-state index contributed by atoms with van der Waals surface area (Å²) in [6.45, 7) is 7.20. The topological polar surface area (TPSA) is 78.5 Å². The van der Waals surface area contributed by atoms with Crippen molar-refractivity contribution in [1.29, 1.82) is 0 Å². The van der Waals surface area contributed by atoms with Crippen LogP contribution in [0, 0.1) is 6.92 Å². The summed E-state index contributed by atoms with van der Waals surface area (Å²) in [5.74, 6) is -1.20. The SMILES string of the molecule is Cc1ccccc1C[C@H](CC(=O)[O-])NC(=O)OC(C)(C)C. The number of alkyl carbamates (subject to hydrolysis) is 1. The number of aliphatic carboxylic acids is 1. The van der Waals surface area contributed by atoms with Crippen molar-refractivity contribution < 1.29 is 19.4 Å². The van der Waals surface area contributed by atoms with E-state index in [-0.39, 0.29) is 6.42 Å². The number of nitrogens with one attached hydrogen (secondary N) is 1. The standard InChI is InChI=1S/C16H23NO4/c1-11-7-5-6-8-12(11)9-13(10-14(18)19)17-15(20)21-16(2,3)4/h5-8,13H,9-10H2,1-4H3,(H,17,20)(H,18,19)/p-1/t13-/m1/s1. The number of carbonyl (C=O) groups is 2. The summed E-state index contributed by atoms with van der Waals surface area (Å²) in [5, 5.41) is 13.4. The molecule has 0 fully saturated rings. The highest BCUT2D eigenvalue weighted by Gasteiger charge is 2.20. The first-order valence-corrected chi connectivity index (χ1v) is 6.91. The minimum absolute atomic E-state index is 0.256. The lowest BCUT2D eigenvalue weighted by atomic mass is 9.99. The maximum atomic E-state index is 11.8. The van der Waals surface area contributed by atoms with Crippen LogP contribution in [0.1, 0.15) is 38.3 Å². The first-order chi connectivity index (χ1) is 9.67. The van der Waals surface area contributed by atoms with Crippen LogP contribution in [-0.2, 0) is 16.0 Å². The number of carboxylic acids is 1. The summed E-state index contributed by atoms with van der Waals surface area (Å²) in [4.78, 5) is 22.6. The van der Waals surface area contributed by atoms with Crippen molar-refractivity contribution in [2.24, 2.45) is 0 Å². The normalized spacial score (nSPS) is 12.6. The van der Waals surface area contributed by atoms with Gasteiger partial charge in [0.25, 0.3) is 0 Å². The second-order valence-electron chi connectivity index (χ2n) is 6.05. The quantitative estimate of drug-likeness (QED) is 0.893. The molecule has 0 radical (unpaired) electrons. The first kappa shape index (κ1) is 17.0. The minimum atomic E-state index is -1.20. The molecule has 0 heterocycles. The Bertz CT molecular complexity index is 505. The molecule has 0 aliphatic rings. The van der Waals surface area contributed by atoms with Gasteiger partial charge in [-0.1, -0.05) is 24.3 Å². The van der Waals surface area contributed by atoms with E-state index in [0.717, 1.165) is 11.1 Å². The maximum absolute atomic E-state index is 11.8. The van der Waals surface area contributed by atoms with Crippen LogP contribution in [0.5, 0.6) is 0 Å². The Kier molecular flexibility index (Phi) is 5.76. The predicted molar refractivity (Wildman–Crippen MR) is 77.7 cm³/mol. The molecule has 1 rings (SSSR count). The fraction of sp³-hybridized carbons (Fsp3) is 0.500. The van der Waals surface area contributed by atoms with Crippen molar-refractivity contribution >= 4 is 12.1 Å². The lowest BCUT2D eigenvalue weighted by Gasteiger charge is -2.24. The number of rotatable bonds is 5. The smallest absolute Gasteiger partial charge is 0.407 e. The van der Waals surface area contributed by atoms with Crippen molar-refractivity contribution in [2.75, 3.05) is 0 Å². The van der Waals surface area contributed by atoms with E-state index in [1.165, 1.54) is 0 Å². The second kappa shape index (κ2) is 7.11.